The predicted octanol–water partition coefficient (Wildman–Crippen LogP) is 2.50. The van der Waals surface area contributed by atoms with Gasteiger partial charge < -0.3 is 18.9 Å². The van der Waals surface area contributed by atoms with Gasteiger partial charge in [0.2, 0.25) is 23.0 Å². The molecule has 0 aromatic heterocycles. The molecule has 0 amide bonds. The fraction of sp³-hybridized carbons (Fsp3) is 0.636. The molecule has 0 radical (unpaired) electrons. The highest BCUT2D eigenvalue weighted by atomic mass is 16.5. The topological polar surface area (TPSA) is 105 Å². The minimum Gasteiger partial charge on any atom is -0.486 e. The Bertz CT molecular complexity index is 849. The maximum absolute atomic E-state index is 11.2. The lowest BCUT2D eigenvalue weighted by Crippen LogP contribution is -2.36. The smallest absolute Gasteiger partial charge is 0.275 e. The zero-order valence-corrected chi connectivity index (χ0v) is 18.7. The molecule has 168 valence electrons. The lowest BCUT2D eigenvalue weighted by atomic mass is 10.2. The lowest BCUT2D eigenvalue weighted by molar-refractivity contribution is 0.189. The molecule has 0 spiro atoms. The van der Waals surface area contributed by atoms with Crippen molar-refractivity contribution in [1.82, 2.24) is 0 Å². The Morgan fingerprint density at radius 3 is 1.13 bits per heavy atom. The van der Waals surface area contributed by atoms with E-state index in [0.717, 1.165) is 25.7 Å². The van der Waals surface area contributed by atoms with Gasteiger partial charge in [0.05, 0.1) is 25.4 Å². The van der Waals surface area contributed by atoms with Crippen LogP contribution < -0.4 is 40.7 Å². The Morgan fingerprint density at radius 2 is 0.867 bits per heavy atom. The van der Waals surface area contributed by atoms with E-state index in [4.69, 9.17) is 18.9 Å². The number of hydrogen-bond acceptors (Lipinski definition) is 8. The van der Waals surface area contributed by atoms with E-state index in [9.17, 15) is 19.2 Å². The van der Waals surface area contributed by atoms with Crippen LogP contribution in [0, 0.1) is 0 Å². The van der Waals surface area contributed by atoms with Crippen molar-refractivity contribution >= 4 is 0 Å². The van der Waals surface area contributed by atoms with Gasteiger partial charge in [-0.1, -0.05) is 26.7 Å². The van der Waals surface area contributed by atoms with E-state index in [0.29, 0.717) is 13.2 Å². The molecule has 0 atom stereocenters. The summed E-state index contributed by atoms with van der Waals surface area (Å²) in [6.45, 7) is 12.1. The van der Waals surface area contributed by atoms with E-state index in [-0.39, 0.29) is 35.2 Å². The molecule has 0 aliphatic rings. The van der Waals surface area contributed by atoms with Crippen molar-refractivity contribution < 1.29 is 18.9 Å². The minimum absolute atomic E-state index is 0.0682. The van der Waals surface area contributed by atoms with Gasteiger partial charge in [-0.2, -0.15) is 0 Å². The van der Waals surface area contributed by atoms with Crippen LogP contribution in [0.4, 0.5) is 0 Å². The van der Waals surface area contributed by atoms with Crippen molar-refractivity contribution in [3.05, 3.63) is 40.9 Å². The van der Waals surface area contributed by atoms with Gasteiger partial charge in [0.15, 0.2) is 0 Å². The summed E-state index contributed by atoms with van der Waals surface area (Å²) in [6.07, 6.45) is 3.45. The first-order valence-corrected chi connectivity index (χ1v) is 10.4. The second-order valence-corrected chi connectivity index (χ2v) is 7.37. The lowest BCUT2D eigenvalue weighted by Gasteiger charge is -2.17. The summed E-state index contributed by atoms with van der Waals surface area (Å²) in [5.41, 5.74) is -2.28. The quantitative estimate of drug-likeness (QED) is 0.378. The van der Waals surface area contributed by atoms with Gasteiger partial charge in [0.1, 0.15) is 0 Å². The zero-order valence-electron chi connectivity index (χ0n) is 18.7. The molecule has 0 aliphatic carbocycles. The normalized spacial score (nSPS) is 10.9. The Morgan fingerprint density at radius 1 is 0.567 bits per heavy atom. The second kappa shape index (κ2) is 12.1. The first-order chi connectivity index (χ1) is 14.1. The highest BCUT2D eigenvalue weighted by molar-refractivity contribution is 5.46. The fourth-order valence-corrected chi connectivity index (χ4v) is 2.28. The van der Waals surface area contributed by atoms with Gasteiger partial charge >= 0.3 is 0 Å². The minimum atomic E-state index is -0.589. The third-order valence-corrected chi connectivity index (χ3v) is 3.85. The summed E-state index contributed by atoms with van der Waals surface area (Å²) >= 11 is 0. The maximum atomic E-state index is 11.2. The van der Waals surface area contributed by atoms with Crippen LogP contribution in [0.15, 0.2) is 19.2 Å². The molecular formula is C22H32O8. The van der Waals surface area contributed by atoms with Crippen molar-refractivity contribution in [3.8, 4) is 23.0 Å². The zero-order chi connectivity index (χ0) is 22.8. The largest absolute Gasteiger partial charge is 0.486 e. The summed E-state index contributed by atoms with van der Waals surface area (Å²) in [5.74, 6) is 0.376. The van der Waals surface area contributed by atoms with E-state index in [1.54, 1.807) is 27.7 Å². The highest BCUT2D eigenvalue weighted by Gasteiger charge is 2.26. The second-order valence-electron chi connectivity index (χ2n) is 7.37. The molecule has 8 nitrogen and oxygen atoms in total. The van der Waals surface area contributed by atoms with Crippen LogP contribution in [0.25, 0.3) is 0 Å². The fourth-order valence-electron chi connectivity index (χ4n) is 2.28. The molecule has 0 saturated heterocycles. The van der Waals surface area contributed by atoms with Gasteiger partial charge in [0, 0.05) is 0 Å². The van der Waals surface area contributed by atoms with Crippen molar-refractivity contribution in [2.75, 3.05) is 13.2 Å². The van der Waals surface area contributed by atoms with E-state index in [1.165, 1.54) is 0 Å². The van der Waals surface area contributed by atoms with Crippen LogP contribution in [-0.2, 0) is 0 Å². The van der Waals surface area contributed by atoms with Crippen LogP contribution in [0.3, 0.4) is 0 Å². The van der Waals surface area contributed by atoms with E-state index in [2.05, 4.69) is 0 Å². The Hall–Kier alpha value is -2.64. The molecule has 0 aliphatic heterocycles. The van der Waals surface area contributed by atoms with Crippen molar-refractivity contribution in [1.29, 1.82) is 0 Å². The molecule has 30 heavy (non-hydrogen) atoms. The summed E-state index contributed by atoms with van der Waals surface area (Å²) in [5, 5.41) is 0. The van der Waals surface area contributed by atoms with Crippen LogP contribution in [0.1, 0.15) is 67.2 Å². The number of rotatable bonds is 12. The molecule has 0 bridgehead atoms. The molecule has 0 N–H and O–H groups in total. The van der Waals surface area contributed by atoms with Gasteiger partial charge in [-0.3, -0.25) is 19.2 Å². The highest BCUT2D eigenvalue weighted by Crippen LogP contribution is 2.22. The molecule has 8 heteroatoms. The molecule has 0 unspecified atom stereocenters. The number of hydrogen-bond donors (Lipinski definition) is 0. The molecular weight excluding hydrogens is 392 g/mol. The Balaban J connectivity index is 0.000000303. The Kier molecular flexibility index (Phi) is 10.3. The van der Waals surface area contributed by atoms with Crippen LogP contribution in [0.5, 0.6) is 23.0 Å². The summed E-state index contributed by atoms with van der Waals surface area (Å²) in [4.78, 5) is 44.5. The number of ether oxygens (including phenoxy) is 4. The average molecular weight is 424 g/mol. The summed E-state index contributed by atoms with van der Waals surface area (Å²) in [7, 11) is 0. The van der Waals surface area contributed by atoms with Gasteiger partial charge in [-0.05, 0) is 40.5 Å². The molecule has 2 aromatic rings. The third kappa shape index (κ3) is 6.71. The Labute approximate surface area is 176 Å². The monoisotopic (exact) mass is 424 g/mol. The van der Waals surface area contributed by atoms with E-state index < -0.39 is 21.7 Å². The molecule has 2 aromatic carbocycles. The molecule has 0 saturated carbocycles. The third-order valence-electron chi connectivity index (χ3n) is 3.85. The molecule has 0 heterocycles. The van der Waals surface area contributed by atoms with E-state index >= 15 is 0 Å². The van der Waals surface area contributed by atoms with Crippen LogP contribution in [-0.4, -0.2) is 25.4 Å². The van der Waals surface area contributed by atoms with Gasteiger partial charge in [-0.15, -0.1) is 0 Å². The summed E-state index contributed by atoms with van der Waals surface area (Å²) < 4.78 is 20.8. The first-order valence-electron chi connectivity index (χ1n) is 10.4. The average Bonchev–Trinajstić information content (AvgIpc) is 2.71. The van der Waals surface area contributed by atoms with Crippen LogP contribution in [0.2, 0.25) is 0 Å². The first kappa shape index (κ1) is 25.4. The SMILES string of the molecule is CC(C)Oc1c(OC(C)C)c(=O)c1=O.CCCCOc1c(OCCCC)c(=O)c1=O. The summed E-state index contributed by atoms with van der Waals surface area (Å²) in [6, 6.07) is 0. The van der Waals surface area contributed by atoms with Crippen molar-refractivity contribution in [2.45, 2.75) is 79.4 Å². The van der Waals surface area contributed by atoms with Crippen LogP contribution >= 0.6 is 0 Å². The maximum Gasteiger partial charge on any atom is 0.275 e. The standard InChI is InChI=1S/C12H18O4.C10H14O4/c1-3-5-7-15-11-9(13)10(14)12(11)16-8-6-4-2;1-5(2)13-9-7(11)8(12)10(9)14-6(3)4/h3-8H2,1-2H3;5-6H,1-4H3. The van der Waals surface area contributed by atoms with Crippen molar-refractivity contribution in [2.24, 2.45) is 0 Å². The van der Waals surface area contributed by atoms with Gasteiger partial charge in [-0.25, -0.2) is 0 Å². The van der Waals surface area contributed by atoms with Gasteiger partial charge in [0.25, 0.3) is 21.7 Å². The molecule has 2 rings (SSSR count). The van der Waals surface area contributed by atoms with Crippen molar-refractivity contribution in [3.63, 3.8) is 0 Å². The predicted molar refractivity (Wildman–Crippen MR) is 115 cm³/mol. The van der Waals surface area contributed by atoms with E-state index in [1.807, 2.05) is 13.8 Å². The molecule has 0 fully saturated rings. The number of unbranched alkanes of at least 4 members (excludes halogenated alkanes) is 2.